The molecule has 0 radical (unpaired) electrons. The van der Waals surface area contributed by atoms with Gasteiger partial charge in [0.05, 0.1) is 12.1 Å². The summed E-state index contributed by atoms with van der Waals surface area (Å²) in [6, 6.07) is 12.3. The van der Waals surface area contributed by atoms with Gasteiger partial charge in [-0.3, -0.25) is 0 Å². The SMILES string of the molecule is COc1ccccc1C(C)(N)Cc1ccc(Cl)c(F)c1. The minimum atomic E-state index is -0.660. The monoisotopic (exact) mass is 293 g/mol. The Morgan fingerprint density at radius 1 is 1.25 bits per heavy atom. The van der Waals surface area contributed by atoms with Crippen LogP contribution in [0, 0.1) is 5.82 Å². The summed E-state index contributed by atoms with van der Waals surface area (Å²) >= 11 is 5.69. The van der Waals surface area contributed by atoms with Gasteiger partial charge in [0.15, 0.2) is 0 Å². The molecule has 0 saturated carbocycles. The lowest BCUT2D eigenvalue weighted by Crippen LogP contribution is -2.35. The van der Waals surface area contributed by atoms with Crippen molar-refractivity contribution < 1.29 is 9.13 Å². The molecule has 2 aromatic carbocycles. The van der Waals surface area contributed by atoms with E-state index in [-0.39, 0.29) is 5.02 Å². The summed E-state index contributed by atoms with van der Waals surface area (Å²) in [7, 11) is 1.61. The maximum Gasteiger partial charge on any atom is 0.142 e. The van der Waals surface area contributed by atoms with Crippen LogP contribution in [0.4, 0.5) is 4.39 Å². The predicted octanol–water partition coefficient (Wildman–Crippen LogP) is 3.90. The molecule has 0 aliphatic carbocycles. The second-order valence-electron chi connectivity index (χ2n) is 5.04. The molecule has 0 amide bonds. The van der Waals surface area contributed by atoms with E-state index in [1.165, 1.54) is 6.07 Å². The quantitative estimate of drug-likeness (QED) is 0.928. The normalized spacial score (nSPS) is 13.8. The molecule has 0 spiro atoms. The molecular weight excluding hydrogens is 277 g/mol. The van der Waals surface area contributed by atoms with Gasteiger partial charge in [0.25, 0.3) is 0 Å². The molecule has 106 valence electrons. The van der Waals surface area contributed by atoms with Crippen LogP contribution in [-0.4, -0.2) is 7.11 Å². The molecule has 0 saturated heterocycles. The number of rotatable bonds is 4. The molecule has 2 rings (SSSR count). The molecule has 2 nitrogen and oxygen atoms in total. The highest BCUT2D eigenvalue weighted by atomic mass is 35.5. The van der Waals surface area contributed by atoms with Crippen molar-refractivity contribution in [3.63, 3.8) is 0 Å². The molecule has 2 N–H and O–H groups in total. The van der Waals surface area contributed by atoms with E-state index < -0.39 is 11.4 Å². The Balaban J connectivity index is 2.32. The van der Waals surface area contributed by atoms with Crippen LogP contribution in [-0.2, 0) is 12.0 Å². The molecule has 0 aliphatic rings. The molecule has 0 heterocycles. The van der Waals surface area contributed by atoms with Gasteiger partial charge in [0.1, 0.15) is 11.6 Å². The maximum atomic E-state index is 13.5. The second-order valence-corrected chi connectivity index (χ2v) is 5.45. The molecule has 2 aromatic rings. The zero-order chi connectivity index (χ0) is 14.8. The topological polar surface area (TPSA) is 35.2 Å². The zero-order valence-corrected chi connectivity index (χ0v) is 12.2. The van der Waals surface area contributed by atoms with Crippen molar-refractivity contribution in [3.05, 3.63) is 64.4 Å². The van der Waals surface area contributed by atoms with Gasteiger partial charge in [-0.15, -0.1) is 0 Å². The lowest BCUT2D eigenvalue weighted by molar-refractivity contribution is 0.386. The summed E-state index contributed by atoms with van der Waals surface area (Å²) in [5, 5.41) is 0.116. The zero-order valence-electron chi connectivity index (χ0n) is 11.5. The highest BCUT2D eigenvalue weighted by Gasteiger charge is 2.25. The summed E-state index contributed by atoms with van der Waals surface area (Å²) in [6.45, 7) is 1.90. The van der Waals surface area contributed by atoms with Gasteiger partial charge in [0, 0.05) is 11.1 Å². The Bertz CT molecular complexity index is 613. The first-order valence-corrected chi connectivity index (χ1v) is 6.68. The molecule has 1 unspecified atom stereocenters. The minimum Gasteiger partial charge on any atom is -0.496 e. The Labute approximate surface area is 123 Å². The van der Waals surface area contributed by atoms with Crippen molar-refractivity contribution in [1.29, 1.82) is 0 Å². The van der Waals surface area contributed by atoms with Crippen LogP contribution in [0.1, 0.15) is 18.1 Å². The lowest BCUT2D eigenvalue weighted by atomic mass is 9.86. The number of methoxy groups -OCH3 is 1. The summed E-state index contributed by atoms with van der Waals surface area (Å²) in [4.78, 5) is 0. The molecule has 4 heteroatoms. The molecule has 20 heavy (non-hydrogen) atoms. The van der Waals surface area contributed by atoms with Gasteiger partial charge in [-0.05, 0) is 37.1 Å². The fourth-order valence-electron chi connectivity index (χ4n) is 2.29. The molecular formula is C16H17ClFNO. The van der Waals surface area contributed by atoms with E-state index in [0.29, 0.717) is 6.42 Å². The van der Waals surface area contributed by atoms with Crippen LogP contribution in [0.2, 0.25) is 5.02 Å². The van der Waals surface area contributed by atoms with Crippen molar-refractivity contribution in [1.82, 2.24) is 0 Å². The Kier molecular flexibility index (Phi) is 4.31. The third kappa shape index (κ3) is 3.11. The molecule has 0 bridgehead atoms. The smallest absolute Gasteiger partial charge is 0.142 e. The van der Waals surface area contributed by atoms with E-state index in [2.05, 4.69) is 0 Å². The number of hydrogen-bond acceptors (Lipinski definition) is 2. The first-order chi connectivity index (χ1) is 9.44. The molecule has 0 fully saturated rings. The van der Waals surface area contributed by atoms with Crippen LogP contribution in [0.3, 0.4) is 0 Å². The summed E-state index contributed by atoms with van der Waals surface area (Å²) in [5.41, 5.74) is 7.42. The fraction of sp³-hybridized carbons (Fsp3) is 0.250. The van der Waals surface area contributed by atoms with Gasteiger partial charge in [-0.1, -0.05) is 35.9 Å². The Morgan fingerprint density at radius 2 is 1.95 bits per heavy atom. The number of ether oxygens (including phenoxy) is 1. The predicted molar refractivity (Wildman–Crippen MR) is 79.6 cm³/mol. The van der Waals surface area contributed by atoms with Crippen LogP contribution in [0.15, 0.2) is 42.5 Å². The highest BCUT2D eigenvalue weighted by Crippen LogP contribution is 2.31. The van der Waals surface area contributed by atoms with Gasteiger partial charge >= 0.3 is 0 Å². The van der Waals surface area contributed by atoms with Gasteiger partial charge < -0.3 is 10.5 Å². The van der Waals surface area contributed by atoms with Crippen LogP contribution in [0.25, 0.3) is 0 Å². The number of hydrogen-bond donors (Lipinski definition) is 1. The standard InChI is InChI=1S/C16H17ClFNO/c1-16(19,12-5-3-4-6-15(12)20-2)10-11-7-8-13(17)14(18)9-11/h3-9H,10,19H2,1-2H3. The lowest BCUT2D eigenvalue weighted by Gasteiger charge is -2.27. The van der Waals surface area contributed by atoms with Crippen molar-refractivity contribution >= 4 is 11.6 Å². The maximum absolute atomic E-state index is 13.5. The van der Waals surface area contributed by atoms with Crippen molar-refractivity contribution in [2.24, 2.45) is 5.73 Å². The molecule has 0 aromatic heterocycles. The average molecular weight is 294 g/mol. The van der Waals surface area contributed by atoms with E-state index >= 15 is 0 Å². The highest BCUT2D eigenvalue weighted by molar-refractivity contribution is 6.30. The largest absolute Gasteiger partial charge is 0.496 e. The molecule has 0 aliphatic heterocycles. The Morgan fingerprint density at radius 3 is 2.60 bits per heavy atom. The second kappa shape index (κ2) is 5.81. The third-order valence-corrected chi connectivity index (χ3v) is 3.58. The van der Waals surface area contributed by atoms with Crippen LogP contribution in [0.5, 0.6) is 5.75 Å². The van der Waals surface area contributed by atoms with Crippen molar-refractivity contribution in [2.45, 2.75) is 18.9 Å². The van der Waals surface area contributed by atoms with Crippen molar-refractivity contribution in [2.75, 3.05) is 7.11 Å². The first kappa shape index (κ1) is 14.8. The third-order valence-electron chi connectivity index (χ3n) is 3.28. The van der Waals surface area contributed by atoms with E-state index in [0.717, 1.165) is 16.9 Å². The van der Waals surface area contributed by atoms with Crippen LogP contribution >= 0.6 is 11.6 Å². The fourth-order valence-corrected chi connectivity index (χ4v) is 2.40. The summed E-state index contributed by atoms with van der Waals surface area (Å²) < 4.78 is 18.8. The van der Waals surface area contributed by atoms with E-state index in [1.807, 2.05) is 31.2 Å². The van der Waals surface area contributed by atoms with Crippen molar-refractivity contribution in [3.8, 4) is 5.75 Å². The summed E-state index contributed by atoms with van der Waals surface area (Å²) in [6.07, 6.45) is 0.488. The van der Waals surface area contributed by atoms with Crippen LogP contribution < -0.4 is 10.5 Å². The van der Waals surface area contributed by atoms with Gasteiger partial charge in [0.2, 0.25) is 0 Å². The molecule has 1 atom stereocenters. The van der Waals surface area contributed by atoms with Gasteiger partial charge in [-0.25, -0.2) is 4.39 Å². The average Bonchev–Trinajstić information content (AvgIpc) is 2.42. The number of para-hydroxylation sites is 1. The number of benzene rings is 2. The Hall–Kier alpha value is -1.58. The first-order valence-electron chi connectivity index (χ1n) is 6.30. The van der Waals surface area contributed by atoms with Gasteiger partial charge in [-0.2, -0.15) is 0 Å². The van der Waals surface area contributed by atoms with E-state index in [9.17, 15) is 4.39 Å². The van der Waals surface area contributed by atoms with E-state index in [1.54, 1.807) is 19.2 Å². The summed E-state index contributed by atoms with van der Waals surface area (Å²) in [5.74, 6) is 0.298. The minimum absolute atomic E-state index is 0.116. The number of nitrogens with two attached hydrogens (primary N) is 1. The van der Waals surface area contributed by atoms with E-state index in [4.69, 9.17) is 22.1 Å². The number of halogens is 2.